The summed E-state index contributed by atoms with van der Waals surface area (Å²) < 4.78 is 31.6. The first kappa shape index (κ1) is 31.1. The Kier molecular flexibility index (Phi) is 12.1. The van der Waals surface area contributed by atoms with Crippen molar-refractivity contribution in [2.75, 3.05) is 24.2 Å². The second-order valence-corrected chi connectivity index (χ2v) is 11.5. The van der Waals surface area contributed by atoms with E-state index in [0.717, 1.165) is 24.0 Å². The largest absolute Gasteiger partial charge is 0.497 e. The van der Waals surface area contributed by atoms with Crippen LogP contribution in [-0.4, -0.2) is 57.1 Å². The summed E-state index contributed by atoms with van der Waals surface area (Å²) in [7, 11) is -1.94. The lowest BCUT2D eigenvalue weighted by Crippen LogP contribution is -2.50. The highest BCUT2D eigenvalue weighted by Crippen LogP contribution is 2.21. The number of nitrogens with zero attached hydrogens (tertiary/aromatic N) is 2. The Labute approximate surface area is 228 Å². The van der Waals surface area contributed by atoms with E-state index in [2.05, 4.69) is 5.32 Å². The SMILES string of the molecule is CCc1ccc(N(CCCC(=O)N(Cc2ccc(OC)cc2)[C@H](CC)C(=O)N[C@H](C)CC)S(C)(=O)=O)cc1. The lowest BCUT2D eigenvalue weighted by molar-refractivity contribution is -0.141. The summed E-state index contributed by atoms with van der Waals surface area (Å²) in [6.45, 7) is 8.30. The molecular formula is C29H43N3O5S. The summed E-state index contributed by atoms with van der Waals surface area (Å²) in [5, 5.41) is 3.00. The molecule has 2 rings (SSSR count). The second kappa shape index (κ2) is 14.8. The summed E-state index contributed by atoms with van der Waals surface area (Å²) in [4.78, 5) is 28.3. The Morgan fingerprint density at radius 2 is 1.55 bits per heavy atom. The van der Waals surface area contributed by atoms with Gasteiger partial charge in [0, 0.05) is 25.6 Å². The van der Waals surface area contributed by atoms with Gasteiger partial charge in [0.05, 0.1) is 19.1 Å². The number of hydrogen-bond donors (Lipinski definition) is 1. The maximum absolute atomic E-state index is 13.5. The van der Waals surface area contributed by atoms with E-state index in [4.69, 9.17) is 4.74 Å². The van der Waals surface area contributed by atoms with Crippen LogP contribution < -0.4 is 14.4 Å². The number of rotatable bonds is 15. The molecule has 0 saturated carbocycles. The molecule has 38 heavy (non-hydrogen) atoms. The molecule has 0 aliphatic heterocycles. The Bertz CT molecular complexity index is 1130. The van der Waals surface area contributed by atoms with Crippen molar-refractivity contribution >= 4 is 27.5 Å². The molecule has 0 aliphatic rings. The maximum atomic E-state index is 13.5. The molecule has 1 N–H and O–H groups in total. The number of benzene rings is 2. The van der Waals surface area contributed by atoms with Crippen molar-refractivity contribution in [3.8, 4) is 5.75 Å². The van der Waals surface area contributed by atoms with Crippen molar-refractivity contribution in [3.05, 3.63) is 59.7 Å². The number of nitrogens with one attached hydrogen (secondary N) is 1. The summed E-state index contributed by atoms with van der Waals surface area (Å²) in [6, 6.07) is 14.2. The van der Waals surface area contributed by atoms with Gasteiger partial charge in [0.1, 0.15) is 11.8 Å². The molecule has 0 aliphatic carbocycles. The minimum Gasteiger partial charge on any atom is -0.497 e. The number of methoxy groups -OCH3 is 1. The number of ether oxygens (including phenoxy) is 1. The van der Waals surface area contributed by atoms with E-state index in [1.54, 1.807) is 24.1 Å². The van der Waals surface area contributed by atoms with Crippen LogP contribution in [0.15, 0.2) is 48.5 Å². The molecule has 0 aromatic heterocycles. The fourth-order valence-electron chi connectivity index (χ4n) is 4.19. The third kappa shape index (κ3) is 9.04. The molecule has 0 bridgehead atoms. The van der Waals surface area contributed by atoms with Gasteiger partial charge in [-0.1, -0.05) is 45.0 Å². The quantitative estimate of drug-likeness (QED) is 0.355. The first-order valence-corrected chi connectivity index (χ1v) is 15.2. The summed E-state index contributed by atoms with van der Waals surface area (Å²) >= 11 is 0. The average Bonchev–Trinajstić information content (AvgIpc) is 2.90. The minimum atomic E-state index is -3.53. The van der Waals surface area contributed by atoms with Crippen molar-refractivity contribution in [2.24, 2.45) is 0 Å². The molecule has 2 aromatic carbocycles. The number of hydrogen-bond acceptors (Lipinski definition) is 5. The zero-order valence-electron chi connectivity index (χ0n) is 23.6. The Morgan fingerprint density at radius 1 is 0.947 bits per heavy atom. The van der Waals surface area contributed by atoms with E-state index in [9.17, 15) is 18.0 Å². The lowest BCUT2D eigenvalue weighted by atomic mass is 10.1. The highest BCUT2D eigenvalue weighted by atomic mass is 32.2. The van der Waals surface area contributed by atoms with E-state index in [-0.39, 0.29) is 37.4 Å². The van der Waals surface area contributed by atoms with Crippen LogP contribution >= 0.6 is 0 Å². The molecule has 9 heteroatoms. The van der Waals surface area contributed by atoms with Crippen LogP contribution in [-0.2, 0) is 32.6 Å². The number of sulfonamides is 1. The number of amides is 2. The van der Waals surface area contributed by atoms with Crippen LogP contribution in [0.2, 0.25) is 0 Å². The number of carbonyl (C=O) groups is 2. The molecule has 0 saturated heterocycles. The predicted octanol–water partition coefficient (Wildman–Crippen LogP) is 4.53. The van der Waals surface area contributed by atoms with Gasteiger partial charge in [-0.2, -0.15) is 0 Å². The highest BCUT2D eigenvalue weighted by Gasteiger charge is 2.29. The van der Waals surface area contributed by atoms with Gasteiger partial charge in [-0.25, -0.2) is 8.42 Å². The van der Waals surface area contributed by atoms with Gasteiger partial charge in [-0.05, 0) is 68.0 Å². The van der Waals surface area contributed by atoms with Gasteiger partial charge in [0.15, 0.2) is 0 Å². The first-order chi connectivity index (χ1) is 18.0. The second-order valence-electron chi connectivity index (χ2n) is 9.57. The van der Waals surface area contributed by atoms with Crippen molar-refractivity contribution < 1.29 is 22.7 Å². The van der Waals surface area contributed by atoms with Crippen molar-refractivity contribution in [1.82, 2.24) is 10.2 Å². The van der Waals surface area contributed by atoms with Gasteiger partial charge in [-0.15, -0.1) is 0 Å². The van der Waals surface area contributed by atoms with Crippen LogP contribution in [0.5, 0.6) is 5.75 Å². The molecule has 2 atom stereocenters. The topological polar surface area (TPSA) is 96.0 Å². The van der Waals surface area contributed by atoms with Crippen molar-refractivity contribution in [2.45, 2.75) is 78.4 Å². The zero-order chi connectivity index (χ0) is 28.3. The Morgan fingerprint density at radius 3 is 2.05 bits per heavy atom. The molecule has 0 fully saturated rings. The molecule has 0 radical (unpaired) electrons. The van der Waals surface area contributed by atoms with Crippen molar-refractivity contribution in [3.63, 3.8) is 0 Å². The minimum absolute atomic E-state index is 0.00287. The fraction of sp³-hybridized carbons (Fsp3) is 0.517. The van der Waals surface area contributed by atoms with E-state index >= 15 is 0 Å². The average molecular weight is 546 g/mol. The maximum Gasteiger partial charge on any atom is 0.243 e. The standard InChI is InChI=1S/C29H43N3O5S/c1-7-22(4)30-29(34)27(9-3)31(21-24-14-18-26(37-5)19-15-24)28(33)11-10-20-32(38(6,35)36)25-16-12-23(8-2)13-17-25/h12-19,22,27H,7-11,20-21H2,1-6H3,(H,30,34)/t22-,27-/m1/s1. The smallest absolute Gasteiger partial charge is 0.243 e. The van der Waals surface area contributed by atoms with Crippen LogP contribution in [0.3, 0.4) is 0 Å². The van der Waals surface area contributed by atoms with Gasteiger partial charge in [-0.3, -0.25) is 13.9 Å². The van der Waals surface area contributed by atoms with Crippen LogP contribution in [0, 0.1) is 0 Å². The first-order valence-electron chi connectivity index (χ1n) is 13.3. The van der Waals surface area contributed by atoms with Gasteiger partial charge in [0.2, 0.25) is 21.8 Å². The predicted molar refractivity (Wildman–Crippen MR) is 153 cm³/mol. The van der Waals surface area contributed by atoms with E-state index in [1.165, 1.54) is 10.6 Å². The van der Waals surface area contributed by atoms with Gasteiger partial charge < -0.3 is 15.0 Å². The van der Waals surface area contributed by atoms with Crippen LogP contribution in [0.1, 0.15) is 64.5 Å². The zero-order valence-corrected chi connectivity index (χ0v) is 24.4. The fourth-order valence-corrected chi connectivity index (χ4v) is 5.16. The number of aryl methyl sites for hydroxylation is 1. The molecule has 210 valence electrons. The summed E-state index contributed by atoms with van der Waals surface area (Å²) in [5.74, 6) is 0.334. The normalized spacial score (nSPS) is 12.9. The lowest BCUT2D eigenvalue weighted by Gasteiger charge is -2.32. The van der Waals surface area contributed by atoms with Gasteiger partial charge >= 0.3 is 0 Å². The highest BCUT2D eigenvalue weighted by molar-refractivity contribution is 7.92. The molecular weight excluding hydrogens is 502 g/mol. The van der Waals surface area contributed by atoms with Crippen LogP contribution in [0.25, 0.3) is 0 Å². The monoisotopic (exact) mass is 545 g/mol. The Balaban J connectivity index is 2.22. The molecule has 0 spiro atoms. The van der Waals surface area contributed by atoms with Crippen LogP contribution in [0.4, 0.5) is 5.69 Å². The molecule has 2 amide bonds. The number of anilines is 1. The molecule has 0 heterocycles. The summed E-state index contributed by atoms with van der Waals surface area (Å²) in [5.41, 5.74) is 2.57. The molecule has 8 nitrogen and oxygen atoms in total. The third-order valence-corrected chi connectivity index (χ3v) is 7.88. The number of carbonyl (C=O) groups excluding carboxylic acids is 2. The molecule has 2 aromatic rings. The Hall–Kier alpha value is -3.07. The van der Waals surface area contributed by atoms with Gasteiger partial charge in [0.25, 0.3) is 0 Å². The van der Waals surface area contributed by atoms with E-state index < -0.39 is 16.1 Å². The van der Waals surface area contributed by atoms with E-state index in [1.807, 2.05) is 64.1 Å². The molecule has 0 unspecified atom stereocenters. The summed E-state index contributed by atoms with van der Waals surface area (Å²) in [6.07, 6.45) is 3.72. The third-order valence-electron chi connectivity index (χ3n) is 6.68. The van der Waals surface area contributed by atoms with E-state index in [0.29, 0.717) is 24.3 Å². The van der Waals surface area contributed by atoms with Crippen molar-refractivity contribution in [1.29, 1.82) is 0 Å².